The number of nitrogens with one attached hydrogen (secondary N) is 1. The van der Waals surface area contributed by atoms with Crippen LogP contribution in [0, 0.1) is 6.92 Å². The minimum absolute atomic E-state index is 0.0288. The number of hydrogen-bond donors (Lipinski definition) is 1. The number of methoxy groups -OCH3 is 1. The third-order valence-corrected chi connectivity index (χ3v) is 7.39. The van der Waals surface area contributed by atoms with Crippen molar-refractivity contribution in [3.8, 4) is 11.4 Å². The highest BCUT2D eigenvalue weighted by atomic mass is 32.2. The van der Waals surface area contributed by atoms with Gasteiger partial charge in [-0.3, -0.25) is 9.59 Å². The monoisotopic (exact) mass is 543 g/mol. The highest BCUT2D eigenvalue weighted by Gasteiger charge is 2.22. The highest BCUT2D eigenvalue weighted by Crippen LogP contribution is 2.22. The van der Waals surface area contributed by atoms with E-state index < -0.39 is 0 Å². The van der Waals surface area contributed by atoms with Gasteiger partial charge in [0.25, 0.3) is 5.91 Å². The van der Waals surface area contributed by atoms with Gasteiger partial charge < -0.3 is 19.9 Å². The average Bonchev–Trinajstić information content (AvgIpc) is 3.45. The number of hydrogen-bond acceptors (Lipinski definition) is 8. The molecule has 0 spiro atoms. The fourth-order valence-electron chi connectivity index (χ4n) is 4.28. The molecule has 4 aromatic rings. The lowest BCUT2D eigenvalue weighted by atomic mass is 10.1. The first-order valence-electron chi connectivity index (χ1n) is 12.6. The van der Waals surface area contributed by atoms with Crippen LogP contribution in [0.2, 0.25) is 0 Å². The van der Waals surface area contributed by atoms with Crippen LogP contribution in [-0.4, -0.2) is 76.0 Å². The summed E-state index contributed by atoms with van der Waals surface area (Å²) in [6.07, 6.45) is 0. The van der Waals surface area contributed by atoms with E-state index in [0.29, 0.717) is 23.8 Å². The normalized spacial score (nSPS) is 13.3. The molecular formula is C28H29N7O3S. The molecule has 1 aromatic heterocycles. The maximum absolute atomic E-state index is 12.8. The Morgan fingerprint density at radius 3 is 2.23 bits per heavy atom. The fourth-order valence-corrected chi connectivity index (χ4v) is 4.97. The van der Waals surface area contributed by atoms with Gasteiger partial charge in [0.2, 0.25) is 11.1 Å². The van der Waals surface area contributed by atoms with Gasteiger partial charge in [-0.15, -0.1) is 5.10 Å². The summed E-state index contributed by atoms with van der Waals surface area (Å²) in [5.41, 5.74) is 4.42. The molecular weight excluding hydrogens is 514 g/mol. The first-order chi connectivity index (χ1) is 19.0. The summed E-state index contributed by atoms with van der Waals surface area (Å²) in [4.78, 5) is 29.5. The van der Waals surface area contributed by atoms with E-state index in [9.17, 15) is 9.59 Å². The lowest BCUT2D eigenvalue weighted by Gasteiger charge is -2.36. The number of ether oxygens (including phenoxy) is 1. The molecule has 0 atom stereocenters. The van der Waals surface area contributed by atoms with Crippen molar-refractivity contribution in [2.45, 2.75) is 12.1 Å². The van der Waals surface area contributed by atoms with Gasteiger partial charge in [-0.25, -0.2) is 0 Å². The van der Waals surface area contributed by atoms with Crippen LogP contribution in [-0.2, 0) is 4.79 Å². The molecule has 2 amide bonds. The Hall–Kier alpha value is -4.38. The molecule has 1 aliphatic rings. The molecule has 11 heteroatoms. The van der Waals surface area contributed by atoms with Crippen molar-refractivity contribution >= 4 is 35.0 Å². The molecule has 10 nitrogen and oxygen atoms in total. The van der Waals surface area contributed by atoms with Crippen LogP contribution in [0.25, 0.3) is 5.69 Å². The van der Waals surface area contributed by atoms with Crippen LogP contribution in [0.5, 0.6) is 5.75 Å². The zero-order valence-corrected chi connectivity index (χ0v) is 22.6. The predicted octanol–water partition coefficient (Wildman–Crippen LogP) is 3.67. The quantitative estimate of drug-likeness (QED) is 0.336. The molecule has 5 rings (SSSR count). The summed E-state index contributed by atoms with van der Waals surface area (Å²) < 4.78 is 6.79. The molecule has 39 heavy (non-hydrogen) atoms. The Bertz CT molecular complexity index is 1420. The topological polar surface area (TPSA) is 105 Å². The Labute approximate surface area is 230 Å². The Balaban J connectivity index is 1.10. The zero-order chi connectivity index (χ0) is 27.2. The van der Waals surface area contributed by atoms with Gasteiger partial charge in [-0.05, 0) is 78.0 Å². The summed E-state index contributed by atoms with van der Waals surface area (Å²) in [6, 6.07) is 22.8. The molecule has 2 heterocycles. The smallest absolute Gasteiger partial charge is 0.253 e. The second-order valence-electron chi connectivity index (χ2n) is 9.10. The Kier molecular flexibility index (Phi) is 8.07. The van der Waals surface area contributed by atoms with Crippen molar-refractivity contribution in [2.75, 3.05) is 49.3 Å². The molecule has 0 bridgehead atoms. The van der Waals surface area contributed by atoms with Crippen molar-refractivity contribution in [2.24, 2.45) is 0 Å². The second kappa shape index (κ2) is 12.0. The number of rotatable bonds is 8. The fraction of sp³-hybridized carbons (Fsp3) is 0.250. The molecule has 0 radical (unpaired) electrons. The van der Waals surface area contributed by atoms with Gasteiger partial charge in [-0.2, -0.15) is 4.68 Å². The average molecular weight is 544 g/mol. The van der Waals surface area contributed by atoms with E-state index in [1.54, 1.807) is 36.1 Å². The third-order valence-electron chi connectivity index (χ3n) is 6.47. The van der Waals surface area contributed by atoms with Crippen molar-refractivity contribution in [3.05, 3.63) is 83.9 Å². The SMILES string of the molecule is COc1ccc(C(=O)N2CCN(c3ccc(NC(=O)CSc4nnnn4-c4ccc(C)cc4)cc3)CC2)cc1. The number of piperazine rings is 1. The standard InChI is InChI=1S/C28H29N7O3S/c1-20-3-9-24(10-4-20)35-28(30-31-32-35)39-19-26(36)29-22-7-11-23(12-8-22)33-15-17-34(18-16-33)27(37)21-5-13-25(38-2)14-6-21/h3-14H,15-19H2,1-2H3,(H,29,36). The number of thioether (sulfide) groups is 1. The Morgan fingerprint density at radius 2 is 1.56 bits per heavy atom. The van der Waals surface area contributed by atoms with E-state index in [0.717, 1.165) is 41.5 Å². The van der Waals surface area contributed by atoms with E-state index in [-0.39, 0.29) is 17.6 Å². The molecule has 1 aliphatic heterocycles. The third kappa shape index (κ3) is 6.37. The predicted molar refractivity (Wildman–Crippen MR) is 151 cm³/mol. The number of aromatic nitrogens is 4. The lowest BCUT2D eigenvalue weighted by molar-refractivity contribution is -0.113. The Morgan fingerprint density at radius 1 is 0.897 bits per heavy atom. The number of tetrazole rings is 1. The van der Waals surface area contributed by atoms with Crippen molar-refractivity contribution in [1.29, 1.82) is 0 Å². The highest BCUT2D eigenvalue weighted by molar-refractivity contribution is 7.99. The number of anilines is 2. The van der Waals surface area contributed by atoms with Crippen molar-refractivity contribution in [1.82, 2.24) is 25.1 Å². The lowest BCUT2D eigenvalue weighted by Crippen LogP contribution is -2.48. The van der Waals surface area contributed by atoms with Crippen LogP contribution < -0.4 is 15.0 Å². The van der Waals surface area contributed by atoms with Gasteiger partial charge in [0.15, 0.2) is 0 Å². The minimum atomic E-state index is -0.142. The first kappa shape index (κ1) is 26.2. The largest absolute Gasteiger partial charge is 0.497 e. The number of amides is 2. The van der Waals surface area contributed by atoms with Gasteiger partial charge >= 0.3 is 0 Å². The van der Waals surface area contributed by atoms with Crippen LogP contribution in [0.15, 0.2) is 78.0 Å². The van der Waals surface area contributed by atoms with Crippen molar-refractivity contribution in [3.63, 3.8) is 0 Å². The van der Waals surface area contributed by atoms with E-state index in [1.165, 1.54) is 11.8 Å². The number of benzene rings is 3. The van der Waals surface area contributed by atoms with E-state index in [1.807, 2.05) is 60.4 Å². The van der Waals surface area contributed by atoms with E-state index in [4.69, 9.17) is 4.74 Å². The molecule has 200 valence electrons. The number of carbonyl (C=O) groups is 2. The maximum atomic E-state index is 12.8. The molecule has 0 saturated carbocycles. The molecule has 1 saturated heterocycles. The second-order valence-corrected chi connectivity index (χ2v) is 10.0. The maximum Gasteiger partial charge on any atom is 0.253 e. The molecule has 0 unspecified atom stereocenters. The van der Waals surface area contributed by atoms with E-state index in [2.05, 4.69) is 25.7 Å². The molecule has 3 aromatic carbocycles. The van der Waals surface area contributed by atoms with Gasteiger partial charge in [0.1, 0.15) is 5.75 Å². The van der Waals surface area contributed by atoms with Crippen LogP contribution in [0.4, 0.5) is 11.4 Å². The van der Waals surface area contributed by atoms with Crippen LogP contribution in [0.1, 0.15) is 15.9 Å². The summed E-state index contributed by atoms with van der Waals surface area (Å²) in [5.74, 6) is 0.797. The van der Waals surface area contributed by atoms with Gasteiger partial charge in [0.05, 0.1) is 18.6 Å². The minimum Gasteiger partial charge on any atom is -0.497 e. The van der Waals surface area contributed by atoms with Crippen molar-refractivity contribution < 1.29 is 14.3 Å². The number of aryl methyl sites for hydroxylation is 1. The zero-order valence-electron chi connectivity index (χ0n) is 21.8. The van der Waals surface area contributed by atoms with E-state index >= 15 is 0 Å². The molecule has 1 N–H and O–H groups in total. The first-order valence-corrected chi connectivity index (χ1v) is 13.5. The summed E-state index contributed by atoms with van der Waals surface area (Å²) >= 11 is 1.28. The van der Waals surface area contributed by atoms with Gasteiger partial charge in [0, 0.05) is 43.1 Å². The summed E-state index contributed by atoms with van der Waals surface area (Å²) in [5, 5.41) is 15.3. The van der Waals surface area contributed by atoms with Crippen LogP contribution in [0.3, 0.4) is 0 Å². The van der Waals surface area contributed by atoms with Crippen LogP contribution >= 0.6 is 11.8 Å². The number of nitrogens with zero attached hydrogens (tertiary/aromatic N) is 6. The summed E-state index contributed by atoms with van der Waals surface area (Å²) in [7, 11) is 1.61. The molecule has 0 aliphatic carbocycles. The summed E-state index contributed by atoms with van der Waals surface area (Å²) in [6.45, 7) is 4.77. The van der Waals surface area contributed by atoms with Gasteiger partial charge in [-0.1, -0.05) is 29.5 Å². The number of carbonyl (C=O) groups excluding carboxylic acids is 2. The molecule has 1 fully saturated rings.